The molecule has 2 N–H and O–H groups in total. The van der Waals surface area contributed by atoms with E-state index >= 15 is 0 Å². The SMILES string of the molecule is CC(C)(Nc1ccc(OC2CC2)c(Cl)c1)C(=O)O. The maximum absolute atomic E-state index is 11.0. The van der Waals surface area contributed by atoms with Gasteiger partial charge in [-0.15, -0.1) is 0 Å². The van der Waals surface area contributed by atoms with Crippen LogP contribution >= 0.6 is 11.6 Å². The van der Waals surface area contributed by atoms with E-state index in [1.54, 1.807) is 32.0 Å². The minimum absolute atomic E-state index is 0.289. The van der Waals surface area contributed by atoms with E-state index in [1.165, 1.54) is 0 Å². The first-order valence-corrected chi connectivity index (χ1v) is 6.24. The molecule has 18 heavy (non-hydrogen) atoms. The molecule has 5 heteroatoms. The van der Waals surface area contributed by atoms with E-state index in [1.807, 2.05) is 0 Å². The lowest BCUT2D eigenvalue weighted by Crippen LogP contribution is -2.39. The van der Waals surface area contributed by atoms with Crippen molar-refractivity contribution in [1.82, 2.24) is 0 Å². The molecule has 1 saturated carbocycles. The molecule has 0 bridgehead atoms. The fourth-order valence-electron chi connectivity index (χ4n) is 1.45. The maximum Gasteiger partial charge on any atom is 0.328 e. The first-order chi connectivity index (χ1) is 8.38. The second-order valence-electron chi connectivity index (χ2n) is 5.02. The van der Waals surface area contributed by atoms with Crippen molar-refractivity contribution >= 4 is 23.3 Å². The monoisotopic (exact) mass is 269 g/mol. The third-order valence-electron chi connectivity index (χ3n) is 2.74. The third-order valence-corrected chi connectivity index (χ3v) is 3.04. The van der Waals surface area contributed by atoms with Gasteiger partial charge in [-0.2, -0.15) is 0 Å². The average Bonchev–Trinajstić information content (AvgIpc) is 3.05. The molecular weight excluding hydrogens is 254 g/mol. The van der Waals surface area contributed by atoms with E-state index < -0.39 is 11.5 Å². The van der Waals surface area contributed by atoms with Crippen molar-refractivity contribution in [2.24, 2.45) is 0 Å². The molecular formula is C13H16ClNO3. The average molecular weight is 270 g/mol. The summed E-state index contributed by atoms with van der Waals surface area (Å²) in [7, 11) is 0. The van der Waals surface area contributed by atoms with Crippen LogP contribution in [0.5, 0.6) is 5.75 Å². The fraction of sp³-hybridized carbons (Fsp3) is 0.462. The molecule has 0 radical (unpaired) electrons. The molecule has 1 aliphatic rings. The minimum atomic E-state index is -1.04. The van der Waals surface area contributed by atoms with Crippen molar-refractivity contribution in [3.8, 4) is 5.75 Å². The summed E-state index contributed by atoms with van der Waals surface area (Å²) in [5.74, 6) is -0.269. The van der Waals surface area contributed by atoms with Crippen molar-refractivity contribution in [2.75, 3.05) is 5.32 Å². The zero-order chi connectivity index (χ0) is 13.3. The molecule has 0 amide bonds. The van der Waals surface area contributed by atoms with Crippen molar-refractivity contribution < 1.29 is 14.6 Å². The number of rotatable bonds is 5. The van der Waals surface area contributed by atoms with Gasteiger partial charge in [0.25, 0.3) is 0 Å². The van der Waals surface area contributed by atoms with Gasteiger partial charge in [0.15, 0.2) is 0 Å². The molecule has 4 nitrogen and oxygen atoms in total. The normalized spacial score (nSPS) is 15.3. The Morgan fingerprint density at radius 3 is 2.67 bits per heavy atom. The Hall–Kier alpha value is -1.42. The Bertz CT molecular complexity index is 469. The van der Waals surface area contributed by atoms with Crippen LogP contribution in [0.25, 0.3) is 0 Å². The second-order valence-corrected chi connectivity index (χ2v) is 5.42. The van der Waals surface area contributed by atoms with E-state index in [2.05, 4.69) is 5.32 Å². The Labute approximate surface area is 111 Å². The van der Waals surface area contributed by atoms with Crippen LogP contribution in [0.3, 0.4) is 0 Å². The summed E-state index contributed by atoms with van der Waals surface area (Å²) in [6.45, 7) is 3.19. The summed E-state index contributed by atoms with van der Waals surface area (Å²) in [5.41, 5.74) is -0.377. The summed E-state index contributed by atoms with van der Waals surface area (Å²) in [5, 5.41) is 12.4. The largest absolute Gasteiger partial charge is 0.489 e. The number of aliphatic carboxylic acids is 1. The summed E-state index contributed by atoms with van der Waals surface area (Å²) in [4.78, 5) is 11.0. The van der Waals surface area contributed by atoms with Crippen LogP contribution in [0.15, 0.2) is 18.2 Å². The number of anilines is 1. The number of hydrogen-bond acceptors (Lipinski definition) is 3. The van der Waals surface area contributed by atoms with E-state index in [0.29, 0.717) is 16.5 Å². The Balaban J connectivity index is 2.10. The van der Waals surface area contributed by atoms with Gasteiger partial charge >= 0.3 is 5.97 Å². The van der Waals surface area contributed by atoms with Crippen LogP contribution in [0, 0.1) is 0 Å². The topological polar surface area (TPSA) is 58.6 Å². The summed E-state index contributed by atoms with van der Waals surface area (Å²) in [6.07, 6.45) is 2.43. The summed E-state index contributed by atoms with van der Waals surface area (Å²) < 4.78 is 5.61. The highest BCUT2D eigenvalue weighted by atomic mass is 35.5. The van der Waals surface area contributed by atoms with Crippen molar-refractivity contribution in [2.45, 2.75) is 38.3 Å². The van der Waals surface area contributed by atoms with Crippen LogP contribution in [-0.4, -0.2) is 22.7 Å². The number of carboxylic acid groups (broad SMARTS) is 1. The Kier molecular flexibility index (Phi) is 3.39. The molecule has 0 atom stereocenters. The van der Waals surface area contributed by atoms with Gasteiger partial charge in [0.05, 0.1) is 11.1 Å². The highest BCUT2D eigenvalue weighted by molar-refractivity contribution is 6.32. The number of ether oxygens (including phenoxy) is 1. The van der Waals surface area contributed by atoms with Crippen LogP contribution in [0.1, 0.15) is 26.7 Å². The smallest absolute Gasteiger partial charge is 0.328 e. The highest BCUT2D eigenvalue weighted by Crippen LogP contribution is 2.34. The molecule has 0 spiro atoms. The van der Waals surface area contributed by atoms with Gasteiger partial charge in [0, 0.05) is 5.69 Å². The van der Waals surface area contributed by atoms with Gasteiger partial charge in [-0.05, 0) is 44.9 Å². The number of hydrogen-bond donors (Lipinski definition) is 2. The van der Waals surface area contributed by atoms with Crippen LogP contribution < -0.4 is 10.1 Å². The number of carboxylic acids is 1. The second kappa shape index (κ2) is 4.69. The van der Waals surface area contributed by atoms with E-state index in [4.69, 9.17) is 21.4 Å². The van der Waals surface area contributed by atoms with Crippen molar-refractivity contribution in [1.29, 1.82) is 0 Å². The molecule has 1 fully saturated rings. The van der Waals surface area contributed by atoms with Gasteiger partial charge < -0.3 is 15.2 Å². The number of carbonyl (C=O) groups is 1. The standard InChI is InChI=1S/C13H16ClNO3/c1-13(2,12(16)17)15-8-3-6-11(10(14)7-8)18-9-4-5-9/h3,6-7,9,15H,4-5H2,1-2H3,(H,16,17). The molecule has 1 aromatic carbocycles. The van der Waals surface area contributed by atoms with E-state index in [-0.39, 0.29) is 6.10 Å². The Morgan fingerprint density at radius 1 is 1.50 bits per heavy atom. The highest BCUT2D eigenvalue weighted by Gasteiger charge is 2.27. The van der Waals surface area contributed by atoms with Crippen LogP contribution in [-0.2, 0) is 4.79 Å². The fourth-order valence-corrected chi connectivity index (χ4v) is 1.68. The maximum atomic E-state index is 11.0. The third kappa shape index (κ3) is 3.07. The number of nitrogens with one attached hydrogen (secondary N) is 1. The first kappa shape index (κ1) is 13.0. The van der Waals surface area contributed by atoms with Crippen molar-refractivity contribution in [3.63, 3.8) is 0 Å². The summed E-state index contributed by atoms with van der Waals surface area (Å²) >= 11 is 6.10. The number of benzene rings is 1. The predicted molar refractivity (Wildman–Crippen MR) is 70.4 cm³/mol. The molecule has 1 aliphatic carbocycles. The van der Waals surface area contributed by atoms with Gasteiger partial charge in [0.1, 0.15) is 11.3 Å². The summed E-state index contributed by atoms with van der Waals surface area (Å²) in [6, 6.07) is 5.22. The molecule has 1 aromatic rings. The molecule has 0 unspecified atom stereocenters. The van der Waals surface area contributed by atoms with Gasteiger partial charge in [0.2, 0.25) is 0 Å². The van der Waals surface area contributed by atoms with Gasteiger partial charge in [-0.25, -0.2) is 4.79 Å². The van der Waals surface area contributed by atoms with E-state index in [0.717, 1.165) is 12.8 Å². The number of halogens is 1. The van der Waals surface area contributed by atoms with E-state index in [9.17, 15) is 4.79 Å². The molecule has 0 aliphatic heterocycles. The molecule has 2 rings (SSSR count). The van der Waals surface area contributed by atoms with Crippen LogP contribution in [0.2, 0.25) is 5.02 Å². The van der Waals surface area contributed by atoms with Gasteiger partial charge in [-0.1, -0.05) is 11.6 Å². The minimum Gasteiger partial charge on any atom is -0.489 e. The lowest BCUT2D eigenvalue weighted by molar-refractivity contribution is -0.141. The zero-order valence-corrected chi connectivity index (χ0v) is 11.1. The lowest BCUT2D eigenvalue weighted by atomic mass is 10.1. The van der Waals surface area contributed by atoms with Crippen LogP contribution in [0.4, 0.5) is 5.69 Å². The zero-order valence-electron chi connectivity index (χ0n) is 10.4. The molecule has 0 heterocycles. The Morgan fingerprint density at radius 2 is 2.17 bits per heavy atom. The quantitative estimate of drug-likeness (QED) is 0.862. The van der Waals surface area contributed by atoms with Gasteiger partial charge in [-0.3, -0.25) is 0 Å². The molecule has 0 saturated heterocycles. The first-order valence-electron chi connectivity index (χ1n) is 5.86. The lowest BCUT2D eigenvalue weighted by Gasteiger charge is -2.22. The predicted octanol–water partition coefficient (Wildman–Crippen LogP) is 3.16. The molecule has 0 aromatic heterocycles. The molecule has 98 valence electrons. The van der Waals surface area contributed by atoms with Crippen molar-refractivity contribution in [3.05, 3.63) is 23.2 Å².